The first-order chi connectivity index (χ1) is 13.5. The number of likely N-dealkylation sites (tertiary alicyclic amines) is 1. The largest absolute Gasteiger partial charge is 0.351 e. The Kier molecular flexibility index (Phi) is 3.61. The number of ether oxygens (including phenoxy) is 1. The third-order valence-electron chi connectivity index (χ3n) is 6.25. The van der Waals surface area contributed by atoms with Gasteiger partial charge in [-0.15, -0.1) is 0 Å². The average molecular weight is 376 g/mol. The molecule has 3 aliphatic rings. The van der Waals surface area contributed by atoms with Crippen molar-refractivity contribution in [2.75, 3.05) is 13.2 Å². The Labute approximate surface area is 162 Å². The second-order valence-electron chi connectivity index (χ2n) is 7.65. The van der Waals surface area contributed by atoms with Gasteiger partial charge in [-0.25, -0.2) is 0 Å². The summed E-state index contributed by atoms with van der Waals surface area (Å²) in [7, 11) is 1.75. The lowest BCUT2D eigenvalue weighted by Gasteiger charge is -2.33. The van der Waals surface area contributed by atoms with Crippen LogP contribution in [0.3, 0.4) is 0 Å². The van der Waals surface area contributed by atoms with Gasteiger partial charge in [0.2, 0.25) is 5.91 Å². The molecule has 1 aromatic heterocycles. The monoisotopic (exact) mass is 376 g/mol. The SMILES string of the molecule is Cn1cc(C#N)cc1C(=O)N1CC[C@@]23OC[C@@H](c4ccccc4)N2C(=O)C[C@@H]13. The number of hydrogen-bond donors (Lipinski definition) is 0. The summed E-state index contributed by atoms with van der Waals surface area (Å²) in [6, 6.07) is 13.2. The molecule has 1 spiro atoms. The highest BCUT2D eigenvalue weighted by Gasteiger charge is 2.65. The number of carbonyl (C=O) groups is 2. The molecule has 0 bridgehead atoms. The molecule has 0 aliphatic carbocycles. The maximum Gasteiger partial charge on any atom is 0.270 e. The number of nitriles is 1. The van der Waals surface area contributed by atoms with E-state index in [0.717, 1.165) is 5.56 Å². The molecule has 142 valence electrons. The third kappa shape index (κ3) is 2.18. The molecule has 2 aromatic rings. The number of benzene rings is 1. The lowest BCUT2D eigenvalue weighted by molar-refractivity contribution is -0.138. The van der Waals surface area contributed by atoms with Crippen molar-refractivity contribution in [2.24, 2.45) is 7.05 Å². The highest BCUT2D eigenvalue weighted by molar-refractivity contribution is 5.95. The smallest absolute Gasteiger partial charge is 0.270 e. The summed E-state index contributed by atoms with van der Waals surface area (Å²) in [6.45, 7) is 0.971. The van der Waals surface area contributed by atoms with E-state index >= 15 is 0 Å². The van der Waals surface area contributed by atoms with Gasteiger partial charge in [-0.1, -0.05) is 30.3 Å². The zero-order valence-electron chi connectivity index (χ0n) is 15.5. The van der Waals surface area contributed by atoms with Crippen LogP contribution in [0.2, 0.25) is 0 Å². The Morgan fingerprint density at radius 3 is 2.82 bits per heavy atom. The van der Waals surface area contributed by atoms with Crippen LogP contribution >= 0.6 is 0 Å². The Morgan fingerprint density at radius 2 is 2.11 bits per heavy atom. The molecular weight excluding hydrogens is 356 g/mol. The van der Waals surface area contributed by atoms with Crippen molar-refractivity contribution in [3.05, 3.63) is 59.4 Å². The van der Waals surface area contributed by atoms with Crippen LogP contribution in [-0.4, -0.2) is 51.1 Å². The minimum Gasteiger partial charge on any atom is -0.351 e. The van der Waals surface area contributed by atoms with Gasteiger partial charge in [0.1, 0.15) is 11.8 Å². The fourth-order valence-electron chi connectivity index (χ4n) is 4.99. The summed E-state index contributed by atoms with van der Waals surface area (Å²) in [4.78, 5) is 29.7. The van der Waals surface area contributed by atoms with E-state index in [1.54, 1.807) is 28.8 Å². The molecule has 0 radical (unpaired) electrons. The minimum absolute atomic E-state index is 0.0263. The Bertz CT molecular complexity index is 1010. The van der Waals surface area contributed by atoms with Gasteiger partial charge in [0.05, 0.1) is 30.7 Å². The molecular formula is C21H20N4O3. The van der Waals surface area contributed by atoms with Crippen molar-refractivity contribution in [1.82, 2.24) is 14.4 Å². The van der Waals surface area contributed by atoms with Gasteiger partial charge in [0.15, 0.2) is 5.72 Å². The molecule has 3 fully saturated rings. The highest BCUT2D eigenvalue weighted by atomic mass is 16.5. The lowest BCUT2D eigenvalue weighted by Crippen LogP contribution is -2.49. The molecule has 7 heteroatoms. The molecule has 3 atom stereocenters. The van der Waals surface area contributed by atoms with Crippen molar-refractivity contribution in [3.8, 4) is 6.07 Å². The van der Waals surface area contributed by atoms with Gasteiger partial charge in [-0.2, -0.15) is 5.26 Å². The number of hydrogen-bond acceptors (Lipinski definition) is 4. The quantitative estimate of drug-likeness (QED) is 0.801. The molecule has 1 aromatic carbocycles. The van der Waals surface area contributed by atoms with Gasteiger partial charge in [0.25, 0.3) is 5.91 Å². The van der Waals surface area contributed by atoms with E-state index in [1.165, 1.54) is 0 Å². The van der Waals surface area contributed by atoms with Crippen molar-refractivity contribution in [2.45, 2.75) is 30.7 Å². The van der Waals surface area contributed by atoms with Crippen LogP contribution in [0.4, 0.5) is 0 Å². The van der Waals surface area contributed by atoms with Crippen LogP contribution in [0.25, 0.3) is 0 Å². The van der Waals surface area contributed by atoms with E-state index in [0.29, 0.717) is 30.8 Å². The molecule has 0 N–H and O–H groups in total. The molecule has 0 saturated carbocycles. The fourth-order valence-corrected chi connectivity index (χ4v) is 4.99. The van der Waals surface area contributed by atoms with Gasteiger partial charge in [-0.05, 0) is 11.6 Å². The van der Waals surface area contributed by atoms with Gasteiger partial charge >= 0.3 is 0 Å². The first-order valence-electron chi connectivity index (χ1n) is 9.43. The predicted molar refractivity (Wildman–Crippen MR) is 98.9 cm³/mol. The fraction of sp³-hybridized carbons (Fsp3) is 0.381. The second kappa shape index (κ2) is 5.94. The Hall–Kier alpha value is -3.11. The van der Waals surface area contributed by atoms with Gasteiger partial charge in [0, 0.05) is 26.2 Å². The van der Waals surface area contributed by atoms with Crippen molar-refractivity contribution in [3.63, 3.8) is 0 Å². The first-order valence-corrected chi connectivity index (χ1v) is 9.43. The standard InChI is InChI=1S/C21H20N4O3/c1-23-12-14(11-22)9-16(23)20(27)24-8-7-21-18(24)10-19(26)25(21)17(13-28-21)15-5-3-2-4-6-15/h2-6,9,12,17-18H,7-8,10,13H2,1H3/t17-,18+,21-/m0/s1. The second-order valence-corrected chi connectivity index (χ2v) is 7.65. The normalized spacial score (nSPS) is 28.4. The molecule has 3 aliphatic heterocycles. The highest BCUT2D eigenvalue weighted by Crippen LogP contribution is 2.51. The Morgan fingerprint density at radius 1 is 1.32 bits per heavy atom. The minimum atomic E-state index is -0.740. The van der Waals surface area contributed by atoms with E-state index in [2.05, 4.69) is 6.07 Å². The molecule has 2 amide bonds. The van der Waals surface area contributed by atoms with Crippen LogP contribution in [0, 0.1) is 11.3 Å². The van der Waals surface area contributed by atoms with E-state index < -0.39 is 5.72 Å². The van der Waals surface area contributed by atoms with Crippen molar-refractivity contribution < 1.29 is 14.3 Å². The summed E-state index contributed by atoms with van der Waals surface area (Å²) in [5.74, 6) is -0.134. The van der Waals surface area contributed by atoms with Gasteiger partial charge in [-0.3, -0.25) is 9.59 Å². The van der Waals surface area contributed by atoms with Crippen LogP contribution in [0.1, 0.15) is 40.5 Å². The summed E-state index contributed by atoms with van der Waals surface area (Å²) in [6.07, 6.45) is 2.52. The number of carbonyl (C=O) groups excluding carboxylic acids is 2. The molecule has 7 nitrogen and oxygen atoms in total. The van der Waals surface area contributed by atoms with E-state index in [4.69, 9.17) is 10.00 Å². The number of amides is 2. The third-order valence-corrected chi connectivity index (χ3v) is 6.25. The summed E-state index contributed by atoms with van der Waals surface area (Å²) in [5.41, 5.74) is 1.22. The van der Waals surface area contributed by atoms with Crippen molar-refractivity contribution in [1.29, 1.82) is 5.26 Å². The zero-order chi connectivity index (χ0) is 19.5. The van der Waals surface area contributed by atoms with Crippen molar-refractivity contribution >= 4 is 11.8 Å². The first kappa shape index (κ1) is 17.0. The maximum absolute atomic E-state index is 13.2. The molecule has 4 heterocycles. The van der Waals surface area contributed by atoms with E-state index in [1.807, 2.05) is 35.2 Å². The number of nitrogens with zero attached hydrogens (tertiary/aromatic N) is 4. The van der Waals surface area contributed by atoms with Crippen LogP contribution in [0.5, 0.6) is 0 Å². The Balaban J connectivity index is 1.47. The van der Waals surface area contributed by atoms with Crippen LogP contribution < -0.4 is 0 Å². The average Bonchev–Trinajstić information content (AvgIpc) is 3.42. The molecule has 5 rings (SSSR count). The zero-order valence-corrected chi connectivity index (χ0v) is 15.5. The predicted octanol–water partition coefficient (Wildman–Crippen LogP) is 1.81. The van der Waals surface area contributed by atoms with E-state index in [9.17, 15) is 9.59 Å². The number of aryl methyl sites for hydroxylation is 1. The van der Waals surface area contributed by atoms with Crippen LogP contribution in [-0.2, 0) is 16.6 Å². The lowest BCUT2D eigenvalue weighted by atomic mass is 10.0. The maximum atomic E-state index is 13.2. The molecule has 3 saturated heterocycles. The number of aromatic nitrogens is 1. The molecule has 28 heavy (non-hydrogen) atoms. The van der Waals surface area contributed by atoms with E-state index in [-0.39, 0.29) is 30.3 Å². The molecule has 0 unspecified atom stereocenters. The van der Waals surface area contributed by atoms with Gasteiger partial charge < -0.3 is 19.1 Å². The van der Waals surface area contributed by atoms with Crippen LogP contribution in [0.15, 0.2) is 42.6 Å². The number of rotatable bonds is 2. The summed E-state index contributed by atoms with van der Waals surface area (Å²) in [5, 5.41) is 9.11. The summed E-state index contributed by atoms with van der Waals surface area (Å²) < 4.78 is 7.92. The topological polar surface area (TPSA) is 78.6 Å². The summed E-state index contributed by atoms with van der Waals surface area (Å²) >= 11 is 0.